The van der Waals surface area contributed by atoms with Gasteiger partial charge in [-0.1, -0.05) is 6.07 Å². The van der Waals surface area contributed by atoms with Gasteiger partial charge in [-0.3, -0.25) is 9.20 Å². The largest absolute Gasteiger partial charge is 0.365 e. The molecular formula is C20H21FN4O. The van der Waals surface area contributed by atoms with Gasteiger partial charge in [-0.25, -0.2) is 9.37 Å². The van der Waals surface area contributed by atoms with Crippen molar-refractivity contribution in [3.8, 4) is 0 Å². The standard InChI is InChI=1S/C20H21FN4O/c1-13-2-5-19-23-17(8-20(26)25(19)10-13)12-24-11-14(9-22)6-15-7-16(21)3-4-18(15)24/h2-5,7-8,10,14H,6,9,11-12,22H2,1H3. The summed E-state index contributed by atoms with van der Waals surface area (Å²) >= 11 is 0. The molecular weight excluding hydrogens is 331 g/mol. The second-order valence-corrected chi connectivity index (χ2v) is 6.98. The molecule has 0 bridgehead atoms. The Morgan fingerprint density at radius 2 is 2.12 bits per heavy atom. The van der Waals surface area contributed by atoms with Crippen molar-refractivity contribution in [2.45, 2.75) is 19.9 Å². The zero-order valence-corrected chi connectivity index (χ0v) is 14.7. The lowest BCUT2D eigenvalue weighted by Gasteiger charge is -2.35. The van der Waals surface area contributed by atoms with Crippen molar-refractivity contribution in [2.75, 3.05) is 18.0 Å². The molecule has 3 aromatic rings. The number of benzene rings is 1. The molecule has 1 aromatic carbocycles. The Morgan fingerprint density at radius 3 is 2.92 bits per heavy atom. The summed E-state index contributed by atoms with van der Waals surface area (Å²) in [5, 5.41) is 0. The quantitative estimate of drug-likeness (QED) is 0.785. The lowest BCUT2D eigenvalue weighted by Crippen LogP contribution is -2.38. The fourth-order valence-corrected chi connectivity index (χ4v) is 3.65. The van der Waals surface area contributed by atoms with Gasteiger partial charge in [-0.2, -0.15) is 0 Å². The van der Waals surface area contributed by atoms with E-state index in [0.717, 1.165) is 29.8 Å². The first kappa shape index (κ1) is 16.7. The molecule has 0 amide bonds. The minimum absolute atomic E-state index is 0.0968. The third kappa shape index (κ3) is 3.08. The lowest BCUT2D eigenvalue weighted by atomic mass is 9.92. The zero-order chi connectivity index (χ0) is 18.3. The maximum atomic E-state index is 13.6. The highest BCUT2D eigenvalue weighted by Gasteiger charge is 2.24. The second kappa shape index (κ2) is 6.53. The van der Waals surface area contributed by atoms with E-state index in [1.165, 1.54) is 6.07 Å². The van der Waals surface area contributed by atoms with E-state index < -0.39 is 0 Å². The predicted molar refractivity (Wildman–Crippen MR) is 99.9 cm³/mol. The van der Waals surface area contributed by atoms with Gasteiger partial charge in [0, 0.05) is 24.5 Å². The number of hydrogen-bond acceptors (Lipinski definition) is 4. The Balaban J connectivity index is 1.72. The van der Waals surface area contributed by atoms with Gasteiger partial charge in [-0.15, -0.1) is 0 Å². The van der Waals surface area contributed by atoms with Crippen molar-refractivity contribution < 1.29 is 4.39 Å². The van der Waals surface area contributed by atoms with Crippen LogP contribution in [-0.2, 0) is 13.0 Å². The number of hydrogen-bond donors (Lipinski definition) is 1. The van der Waals surface area contributed by atoms with Crippen LogP contribution < -0.4 is 16.2 Å². The number of nitrogens with zero attached hydrogens (tertiary/aromatic N) is 3. The zero-order valence-electron chi connectivity index (χ0n) is 14.7. The molecule has 0 saturated heterocycles. The molecule has 4 rings (SSSR count). The van der Waals surface area contributed by atoms with E-state index in [-0.39, 0.29) is 17.3 Å². The number of aryl methyl sites for hydroxylation is 1. The Kier molecular flexibility index (Phi) is 4.20. The minimum Gasteiger partial charge on any atom is -0.365 e. The van der Waals surface area contributed by atoms with Crippen molar-refractivity contribution in [1.29, 1.82) is 0 Å². The topological polar surface area (TPSA) is 63.6 Å². The number of anilines is 1. The fourth-order valence-electron chi connectivity index (χ4n) is 3.65. The van der Waals surface area contributed by atoms with Crippen LogP contribution in [0.3, 0.4) is 0 Å². The summed E-state index contributed by atoms with van der Waals surface area (Å²) in [4.78, 5) is 19.2. The number of pyridine rings is 1. The molecule has 0 radical (unpaired) electrons. The van der Waals surface area contributed by atoms with Crippen molar-refractivity contribution in [3.05, 3.63) is 75.6 Å². The van der Waals surface area contributed by atoms with Gasteiger partial charge in [0.1, 0.15) is 11.5 Å². The highest BCUT2D eigenvalue weighted by Crippen LogP contribution is 2.31. The molecule has 0 spiro atoms. The van der Waals surface area contributed by atoms with Crippen molar-refractivity contribution in [1.82, 2.24) is 9.38 Å². The molecule has 5 nitrogen and oxygen atoms in total. The Hall–Kier alpha value is -2.73. The van der Waals surface area contributed by atoms with E-state index >= 15 is 0 Å². The second-order valence-electron chi connectivity index (χ2n) is 6.98. The molecule has 0 saturated carbocycles. The van der Waals surface area contributed by atoms with Crippen molar-refractivity contribution >= 4 is 11.3 Å². The maximum Gasteiger partial charge on any atom is 0.258 e. The summed E-state index contributed by atoms with van der Waals surface area (Å²) in [6, 6.07) is 10.2. The molecule has 2 aromatic heterocycles. The number of fused-ring (bicyclic) bond motifs is 2. The van der Waals surface area contributed by atoms with E-state index in [0.29, 0.717) is 24.4 Å². The minimum atomic E-state index is -0.237. The third-order valence-electron chi connectivity index (χ3n) is 4.92. The van der Waals surface area contributed by atoms with Gasteiger partial charge in [0.2, 0.25) is 0 Å². The molecule has 26 heavy (non-hydrogen) atoms. The number of halogens is 1. The number of nitrogens with two attached hydrogens (primary N) is 1. The maximum absolute atomic E-state index is 13.6. The summed E-state index contributed by atoms with van der Waals surface area (Å²) in [6.45, 7) is 3.74. The molecule has 3 heterocycles. The van der Waals surface area contributed by atoms with E-state index in [1.54, 1.807) is 28.8 Å². The van der Waals surface area contributed by atoms with Gasteiger partial charge < -0.3 is 10.6 Å². The lowest BCUT2D eigenvalue weighted by molar-refractivity contribution is 0.493. The van der Waals surface area contributed by atoms with Crippen LogP contribution in [0.15, 0.2) is 47.4 Å². The highest BCUT2D eigenvalue weighted by molar-refractivity contribution is 5.56. The van der Waals surface area contributed by atoms with Crippen LogP contribution in [0.1, 0.15) is 16.8 Å². The Morgan fingerprint density at radius 1 is 1.27 bits per heavy atom. The molecule has 6 heteroatoms. The van der Waals surface area contributed by atoms with Crippen molar-refractivity contribution in [3.63, 3.8) is 0 Å². The normalized spacial score (nSPS) is 16.7. The molecule has 1 unspecified atom stereocenters. The van der Waals surface area contributed by atoms with Crippen LogP contribution in [0, 0.1) is 18.7 Å². The first-order valence-corrected chi connectivity index (χ1v) is 8.76. The van der Waals surface area contributed by atoms with E-state index in [2.05, 4.69) is 9.88 Å². The number of aromatic nitrogens is 2. The van der Waals surface area contributed by atoms with Gasteiger partial charge >= 0.3 is 0 Å². The number of rotatable bonds is 3. The predicted octanol–water partition coefficient (Wildman–Crippen LogP) is 2.28. The molecule has 0 fully saturated rings. The van der Waals surface area contributed by atoms with E-state index in [4.69, 9.17) is 5.73 Å². The summed E-state index contributed by atoms with van der Waals surface area (Å²) in [7, 11) is 0. The summed E-state index contributed by atoms with van der Waals surface area (Å²) in [5.41, 5.74) is 10.1. The molecule has 1 aliphatic rings. The van der Waals surface area contributed by atoms with Crippen molar-refractivity contribution in [2.24, 2.45) is 11.7 Å². The Labute approximate surface area is 150 Å². The molecule has 1 aliphatic heterocycles. The van der Waals surface area contributed by atoms with Crippen LogP contribution in [0.4, 0.5) is 10.1 Å². The molecule has 0 aliphatic carbocycles. The molecule has 2 N–H and O–H groups in total. The third-order valence-corrected chi connectivity index (χ3v) is 4.92. The molecule has 134 valence electrons. The molecule has 1 atom stereocenters. The van der Waals surface area contributed by atoms with Gasteiger partial charge in [-0.05, 0) is 61.2 Å². The van der Waals surface area contributed by atoms with Gasteiger partial charge in [0.05, 0.1) is 12.2 Å². The van der Waals surface area contributed by atoms with Crippen LogP contribution >= 0.6 is 0 Å². The van der Waals surface area contributed by atoms with Gasteiger partial charge in [0.15, 0.2) is 0 Å². The van der Waals surface area contributed by atoms with E-state index in [9.17, 15) is 9.18 Å². The average molecular weight is 352 g/mol. The summed E-state index contributed by atoms with van der Waals surface area (Å²) in [6.07, 6.45) is 2.56. The fraction of sp³-hybridized carbons (Fsp3) is 0.300. The monoisotopic (exact) mass is 352 g/mol. The van der Waals surface area contributed by atoms with E-state index in [1.807, 2.05) is 19.1 Å². The highest BCUT2D eigenvalue weighted by atomic mass is 19.1. The first-order chi connectivity index (χ1) is 12.5. The summed E-state index contributed by atoms with van der Waals surface area (Å²) in [5.74, 6) is 0.0207. The Bertz CT molecular complexity index is 1030. The van der Waals surface area contributed by atoms with Crippen LogP contribution in [0.25, 0.3) is 5.65 Å². The van der Waals surface area contributed by atoms with Gasteiger partial charge in [0.25, 0.3) is 5.56 Å². The summed E-state index contributed by atoms with van der Waals surface area (Å²) < 4.78 is 15.2. The first-order valence-electron chi connectivity index (χ1n) is 8.76. The van der Waals surface area contributed by atoms with Crippen LogP contribution in [0.5, 0.6) is 0 Å². The smallest absolute Gasteiger partial charge is 0.258 e. The van der Waals surface area contributed by atoms with Crippen LogP contribution in [-0.4, -0.2) is 22.5 Å². The van der Waals surface area contributed by atoms with Crippen LogP contribution in [0.2, 0.25) is 0 Å². The average Bonchev–Trinajstić information content (AvgIpc) is 2.62. The SMILES string of the molecule is Cc1ccc2nc(CN3CC(CN)Cc4cc(F)ccc43)cc(=O)n2c1.